The molecule has 0 aliphatic carbocycles. The Morgan fingerprint density at radius 3 is 3.35 bits per heavy atom. The van der Waals surface area contributed by atoms with Gasteiger partial charge in [0.1, 0.15) is 0 Å². The van der Waals surface area contributed by atoms with Crippen molar-refractivity contribution >= 4 is 11.8 Å². The number of hydrogen-bond donors (Lipinski definition) is 1. The van der Waals surface area contributed by atoms with Crippen molar-refractivity contribution in [3.8, 4) is 5.88 Å². The smallest absolute Gasteiger partial charge is 0.213 e. The second-order valence-corrected chi connectivity index (χ2v) is 6.72. The van der Waals surface area contributed by atoms with Crippen LogP contribution in [0, 0.1) is 0 Å². The summed E-state index contributed by atoms with van der Waals surface area (Å²) in [5.41, 5.74) is 1.37. The van der Waals surface area contributed by atoms with Gasteiger partial charge < -0.3 is 14.8 Å². The van der Waals surface area contributed by atoms with E-state index in [9.17, 15) is 0 Å². The van der Waals surface area contributed by atoms with Gasteiger partial charge in [-0.05, 0) is 36.6 Å². The van der Waals surface area contributed by atoms with Gasteiger partial charge in [0.25, 0.3) is 0 Å². The van der Waals surface area contributed by atoms with Gasteiger partial charge >= 0.3 is 0 Å². The van der Waals surface area contributed by atoms with E-state index in [1.165, 1.54) is 17.7 Å². The zero-order valence-corrected chi connectivity index (χ0v) is 12.7. The molecule has 0 bridgehead atoms. The molecule has 20 heavy (non-hydrogen) atoms. The third kappa shape index (κ3) is 3.27. The highest BCUT2D eigenvalue weighted by Gasteiger charge is 2.40. The predicted octanol–water partition coefficient (Wildman–Crippen LogP) is 2.23. The van der Waals surface area contributed by atoms with E-state index in [4.69, 9.17) is 9.47 Å². The summed E-state index contributed by atoms with van der Waals surface area (Å²) in [4.78, 5) is 4.14. The first-order valence-electron chi connectivity index (χ1n) is 7.24. The van der Waals surface area contributed by atoms with Crippen LogP contribution in [0.2, 0.25) is 0 Å². The van der Waals surface area contributed by atoms with Gasteiger partial charge in [0.15, 0.2) is 0 Å². The summed E-state index contributed by atoms with van der Waals surface area (Å²) in [6.45, 7) is 1.75. The Morgan fingerprint density at radius 1 is 1.60 bits per heavy atom. The molecule has 3 rings (SSSR count). The molecule has 110 valence electrons. The van der Waals surface area contributed by atoms with E-state index >= 15 is 0 Å². The molecule has 2 atom stereocenters. The second-order valence-electron chi connectivity index (χ2n) is 5.61. The average Bonchev–Trinajstić information content (AvgIpc) is 2.93. The standard InChI is InChI=1S/C15H22N2O2S/c1-18-14-8-12(2-5-16-14)10-17-13-3-6-19-15(9-13)4-7-20-11-15/h2,5,8,13,17H,3-4,6-7,9-11H2,1H3. The summed E-state index contributed by atoms with van der Waals surface area (Å²) in [7, 11) is 1.65. The number of nitrogens with zero attached hydrogens (tertiary/aromatic N) is 1. The van der Waals surface area contributed by atoms with Crippen molar-refractivity contribution in [3.63, 3.8) is 0 Å². The molecular formula is C15H22N2O2S. The van der Waals surface area contributed by atoms with E-state index in [2.05, 4.69) is 10.3 Å². The van der Waals surface area contributed by atoms with Crippen molar-refractivity contribution in [2.24, 2.45) is 0 Å². The normalized spacial score (nSPS) is 29.8. The van der Waals surface area contributed by atoms with Crippen LogP contribution < -0.4 is 10.1 Å². The number of pyridine rings is 1. The molecule has 5 heteroatoms. The number of thioether (sulfide) groups is 1. The van der Waals surface area contributed by atoms with Gasteiger partial charge in [-0.2, -0.15) is 11.8 Å². The average molecular weight is 294 g/mol. The van der Waals surface area contributed by atoms with Crippen LogP contribution in [0.1, 0.15) is 24.8 Å². The minimum Gasteiger partial charge on any atom is -0.481 e. The summed E-state index contributed by atoms with van der Waals surface area (Å²) in [5, 5.41) is 3.67. The number of rotatable bonds is 4. The lowest BCUT2D eigenvalue weighted by atomic mass is 9.90. The van der Waals surface area contributed by atoms with Crippen molar-refractivity contribution in [1.82, 2.24) is 10.3 Å². The van der Waals surface area contributed by atoms with Crippen molar-refractivity contribution in [3.05, 3.63) is 23.9 Å². The monoisotopic (exact) mass is 294 g/mol. The van der Waals surface area contributed by atoms with Crippen LogP contribution in [0.15, 0.2) is 18.3 Å². The largest absolute Gasteiger partial charge is 0.481 e. The molecule has 1 spiro atoms. The van der Waals surface area contributed by atoms with Gasteiger partial charge in [0.05, 0.1) is 12.7 Å². The molecule has 2 fully saturated rings. The molecule has 2 saturated heterocycles. The molecule has 2 unspecified atom stereocenters. The molecule has 2 aliphatic heterocycles. The van der Waals surface area contributed by atoms with E-state index in [0.717, 1.165) is 31.7 Å². The number of ether oxygens (including phenoxy) is 2. The lowest BCUT2D eigenvalue weighted by Gasteiger charge is -2.38. The predicted molar refractivity (Wildman–Crippen MR) is 81.3 cm³/mol. The van der Waals surface area contributed by atoms with Crippen LogP contribution in [0.5, 0.6) is 5.88 Å². The van der Waals surface area contributed by atoms with Gasteiger partial charge in [0, 0.05) is 37.2 Å². The Kier molecular flexibility index (Phi) is 4.48. The number of methoxy groups -OCH3 is 1. The highest BCUT2D eigenvalue weighted by Crippen LogP contribution is 2.38. The van der Waals surface area contributed by atoms with E-state index in [1.54, 1.807) is 13.3 Å². The number of aromatic nitrogens is 1. The highest BCUT2D eigenvalue weighted by molar-refractivity contribution is 7.99. The van der Waals surface area contributed by atoms with E-state index in [-0.39, 0.29) is 5.60 Å². The van der Waals surface area contributed by atoms with Crippen molar-refractivity contribution in [2.75, 3.05) is 25.2 Å². The van der Waals surface area contributed by atoms with Crippen LogP contribution >= 0.6 is 11.8 Å². The first-order chi connectivity index (χ1) is 9.80. The maximum atomic E-state index is 6.05. The van der Waals surface area contributed by atoms with Gasteiger partial charge in [-0.15, -0.1) is 0 Å². The molecule has 0 aromatic carbocycles. The summed E-state index contributed by atoms with van der Waals surface area (Å²) in [6.07, 6.45) is 5.25. The lowest BCUT2D eigenvalue weighted by molar-refractivity contribution is -0.0703. The van der Waals surface area contributed by atoms with Gasteiger partial charge in [-0.1, -0.05) is 0 Å². The quantitative estimate of drug-likeness (QED) is 0.922. The Bertz CT molecular complexity index is 449. The minimum atomic E-state index is 0.149. The second kappa shape index (κ2) is 6.33. The van der Waals surface area contributed by atoms with E-state index in [1.807, 2.05) is 23.9 Å². The number of nitrogens with one attached hydrogen (secondary N) is 1. The van der Waals surface area contributed by atoms with Crippen LogP contribution in [-0.2, 0) is 11.3 Å². The molecule has 3 heterocycles. The fourth-order valence-corrected chi connectivity index (χ4v) is 4.38. The third-order valence-electron chi connectivity index (χ3n) is 4.16. The summed E-state index contributed by atoms with van der Waals surface area (Å²) in [5.74, 6) is 3.09. The Labute approximate surface area is 124 Å². The van der Waals surface area contributed by atoms with Gasteiger partial charge in [0.2, 0.25) is 5.88 Å². The molecule has 0 amide bonds. The maximum absolute atomic E-state index is 6.05. The number of hydrogen-bond acceptors (Lipinski definition) is 5. The van der Waals surface area contributed by atoms with Crippen LogP contribution in [0.25, 0.3) is 0 Å². The van der Waals surface area contributed by atoms with Gasteiger partial charge in [-0.3, -0.25) is 0 Å². The van der Waals surface area contributed by atoms with Crippen LogP contribution in [0.3, 0.4) is 0 Å². The van der Waals surface area contributed by atoms with Crippen molar-refractivity contribution in [2.45, 2.75) is 37.5 Å². The zero-order valence-electron chi connectivity index (χ0n) is 11.9. The Balaban J connectivity index is 1.55. The van der Waals surface area contributed by atoms with Crippen LogP contribution in [0.4, 0.5) is 0 Å². The van der Waals surface area contributed by atoms with E-state index in [0.29, 0.717) is 11.9 Å². The molecule has 0 radical (unpaired) electrons. The Morgan fingerprint density at radius 2 is 2.55 bits per heavy atom. The topological polar surface area (TPSA) is 43.4 Å². The highest BCUT2D eigenvalue weighted by atomic mass is 32.2. The molecule has 1 N–H and O–H groups in total. The van der Waals surface area contributed by atoms with Crippen molar-refractivity contribution < 1.29 is 9.47 Å². The lowest BCUT2D eigenvalue weighted by Crippen LogP contribution is -2.47. The summed E-state index contributed by atoms with van der Waals surface area (Å²) >= 11 is 2.02. The van der Waals surface area contributed by atoms with Crippen molar-refractivity contribution in [1.29, 1.82) is 0 Å². The summed E-state index contributed by atoms with van der Waals surface area (Å²) in [6, 6.07) is 4.59. The summed E-state index contributed by atoms with van der Waals surface area (Å²) < 4.78 is 11.2. The molecule has 4 nitrogen and oxygen atoms in total. The van der Waals surface area contributed by atoms with E-state index < -0.39 is 0 Å². The van der Waals surface area contributed by atoms with Crippen LogP contribution in [-0.4, -0.2) is 41.8 Å². The fourth-order valence-electron chi connectivity index (χ4n) is 3.00. The fraction of sp³-hybridized carbons (Fsp3) is 0.667. The zero-order chi connectivity index (χ0) is 13.8. The maximum Gasteiger partial charge on any atom is 0.213 e. The molecule has 1 aromatic heterocycles. The molecule has 2 aliphatic rings. The first kappa shape index (κ1) is 14.2. The third-order valence-corrected chi connectivity index (χ3v) is 5.39. The first-order valence-corrected chi connectivity index (χ1v) is 8.39. The SMILES string of the molecule is COc1cc(CNC2CCOC3(CCSC3)C2)ccn1. The Hall–Kier alpha value is -0.780. The molecule has 0 saturated carbocycles. The molecule has 1 aromatic rings. The minimum absolute atomic E-state index is 0.149. The van der Waals surface area contributed by atoms with Gasteiger partial charge in [-0.25, -0.2) is 4.98 Å². The molecular weight excluding hydrogens is 272 g/mol.